The van der Waals surface area contributed by atoms with Crippen LogP contribution in [0, 0.1) is 13.8 Å². The number of hydrogen-bond donors (Lipinski definition) is 2. The topological polar surface area (TPSA) is 71.4 Å². The zero-order valence-corrected chi connectivity index (χ0v) is 22.1. The first-order valence-electron chi connectivity index (χ1n) is 12.5. The summed E-state index contributed by atoms with van der Waals surface area (Å²) in [7, 11) is 1.60. The van der Waals surface area contributed by atoms with Crippen molar-refractivity contribution in [3.63, 3.8) is 0 Å². The van der Waals surface area contributed by atoms with Crippen molar-refractivity contribution < 1.29 is 9.53 Å². The lowest BCUT2D eigenvalue weighted by atomic mass is 9.96. The molecule has 188 valence electrons. The second-order valence-electron chi connectivity index (χ2n) is 9.70. The Balaban J connectivity index is 1.64. The summed E-state index contributed by atoms with van der Waals surface area (Å²) in [5.41, 5.74) is 6.22. The van der Waals surface area contributed by atoms with E-state index in [-0.39, 0.29) is 18.0 Å². The van der Waals surface area contributed by atoms with Gasteiger partial charge in [0.1, 0.15) is 5.75 Å². The summed E-state index contributed by atoms with van der Waals surface area (Å²) in [5.74, 6) is 0.444. The number of nitrogens with zero attached hydrogens (tertiary/aromatic N) is 3. The Hall–Kier alpha value is -3.39. The zero-order chi connectivity index (χ0) is 25.4. The second kappa shape index (κ2) is 9.93. The van der Waals surface area contributed by atoms with Crippen LogP contribution in [0.4, 0.5) is 11.4 Å². The van der Waals surface area contributed by atoms with Gasteiger partial charge in [-0.3, -0.25) is 9.78 Å². The number of anilines is 2. The molecule has 8 heteroatoms. The average molecular weight is 504 g/mol. The van der Waals surface area contributed by atoms with E-state index in [4.69, 9.17) is 17.0 Å². The molecule has 3 heterocycles. The van der Waals surface area contributed by atoms with Gasteiger partial charge in [0, 0.05) is 36.2 Å². The summed E-state index contributed by atoms with van der Waals surface area (Å²) >= 11 is 5.92. The van der Waals surface area contributed by atoms with Crippen molar-refractivity contribution in [3.05, 3.63) is 71.3 Å². The van der Waals surface area contributed by atoms with Gasteiger partial charge in [0.25, 0.3) is 0 Å². The molecular weight excluding hydrogens is 470 g/mol. The van der Waals surface area contributed by atoms with Gasteiger partial charge in [0.2, 0.25) is 5.91 Å². The van der Waals surface area contributed by atoms with Crippen LogP contribution in [-0.2, 0) is 4.79 Å². The largest absolute Gasteiger partial charge is 0.495 e. The van der Waals surface area contributed by atoms with Crippen LogP contribution in [0.1, 0.15) is 73.4 Å². The monoisotopic (exact) mass is 503 g/mol. The summed E-state index contributed by atoms with van der Waals surface area (Å²) in [6.45, 7) is 5.93. The number of aryl methyl sites for hydroxylation is 1. The van der Waals surface area contributed by atoms with Gasteiger partial charge in [-0.05, 0) is 80.9 Å². The summed E-state index contributed by atoms with van der Waals surface area (Å²) in [4.78, 5) is 18.7. The fourth-order valence-electron chi connectivity index (χ4n) is 5.91. The van der Waals surface area contributed by atoms with E-state index in [2.05, 4.69) is 45.0 Å². The molecule has 7 nitrogen and oxygen atoms in total. The number of methoxy groups -OCH3 is 1. The van der Waals surface area contributed by atoms with Crippen LogP contribution < -0.4 is 20.3 Å². The van der Waals surface area contributed by atoms with E-state index >= 15 is 0 Å². The third-order valence-corrected chi connectivity index (χ3v) is 7.72. The van der Waals surface area contributed by atoms with Crippen molar-refractivity contribution in [1.29, 1.82) is 0 Å². The van der Waals surface area contributed by atoms with Crippen molar-refractivity contribution in [2.75, 3.05) is 17.3 Å². The van der Waals surface area contributed by atoms with Gasteiger partial charge in [-0.1, -0.05) is 18.9 Å². The molecule has 0 radical (unpaired) electrons. The first-order chi connectivity index (χ1) is 17.4. The Bertz CT molecular complexity index is 1280. The number of nitrogens with one attached hydrogen (secondary N) is 2. The molecule has 2 aromatic heterocycles. The molecule has 2 N–H and O–H groups in total. The van der Waals surface area contributed by atoms with Crippen molar-refractivity contribution in [2.24, 2.45) is 0 Å². The number of ether oxygens (including phenoxy) is 1. The molecular formula is C28H33N5O2S. The highest BCUT2D eigenvalue weighted by atomic mass is 32.1. The number of pyridine rings is 1. The number of thiocarbonyl (C=S) groups is 1. The molecule has 36 heavy (non-hydrogen) atoms. The second-order valence-corrected chi connectivity index (χ2v) is 10.1. The number of benzene rings is 1. The Morgan fingerprint density at radius 3 is 2.61 bits per heavy atom. The Kier molecular flexibility index (Phi) is 6.71. The standard InChI is InChI=1S/C28H33N5O2S/c1-17-15-22(18(2)32(17)20-9-5-6-10-20)27-26(23-11-7-8-14-29-23)31-28(36)33(27)21-12-13-25(35-4)24(16-21)30-19(3)34/h7-8,11-16,20,26-27H,5-6,9-10H2,1-4H3,(H,30,34)(H,31,36). The van der Waals surface area contributed by atoms with Gasteiger partial charge in [0.05, 0.1) is 30.6 Å². The molecule has 1 amide bonds. The highest BCUT2D eigenvalue weighted by Crippen LogP contribution is 2.45. The van der Waals surface area contributed by atoms with Crippen molar-refractivity contribution in [1.82, 2.24) is 14.9 Å². The first-order valence-corrected chi connectivity index (χ1v) is 12.9. The first kappa shape index (κ1) is 24.3. The van der Waals surface area contributed by atoms with Crippen LogP contribution in [0.5, 0.6) is 5.75 Å². The minimum atomic E-state index is -0.157. The van der Waals surface area contributed by atoms with Gasteiger partial charge >= 0.3 is 0 Å². The minimum Gasteiger partial charge on any atom is -0.495 e. The third kappa shape index (κ3) is 4.34. The highest BCUT2D eigenvalue weighted by molar-refractivity contribution is 7.80. The van der Waals surface area contributed by atoms with Crippen LogP contribution in [-0.4, -0.2) is 27.7 Å². The fraction of sp³-hybridized carbons (Fsp3) is 0.393. The molecule has 1 aliphatic carbocycles. The maximum atomic E-state index is 11.9. The average Bonchev–Trinajstić information content (AvgIpc) is 3.57. The molecule has 1 aliphatic heterocycles. The molecule has 2 atom stereocenters. The van der Waals surface area contributed by atoms with Crippen molar-refractivity contribution >= 4 is 34.6 Å². The van der Waals surface area contributed by atoms with Gasteiger partial charge in [-0.2, -0.15) is 0 Å². The SMILES string of the molecule is COc1ccc(N2C(=S)NC(c3ccccn3)C2c2cc(C)n(C3CCCC3)c2C)cc1NC(C)=O. The molecule has 0 spiro atoms. The number of carbonyl (C=O) groups excluding carboxylic acids is 1. The molecule has 5 rings (SSSR count). The molecule has 1 saturated heterocycles. The molecule has 2 fully saturated rings. The molecule has 0 bridgehead atoms. The van der Waals surface area contributed by atoms with E-state index in [0.29, 0.717) is 22.6 Å². The zero-order valence-electron chi connectivity index (χ0n) is 21.2. The van der Waals surface area contributed by atoms with Crippen LogP contribution >= 0.6 is 12.2 Å². The van der Waals surface area contributed by atoms with E-state index in [1.807, 2.05) is 42.6 Å². The summed E-state index contributed by atoms with van der Waals surface area (Å²) in [6.07, 6.45) is 6.84. The molecule has 2 unspecified atom stereocenters. The van der Waals surface area contributed by atoms with Crippen molar-refractivity contribution in [2.45, 2.75) is 64.6 Å². The number of carbonyl (C=O) groups is 1. The lowest BCUT2D eigenvalue weighted by molar-refractivity contribution is -0.114. The Morgan fingerprint density at radius 1 is 1.17 bits per heavy atom. The summed E-state index contributed by atoms with van der Waals surface area (Å²) in [6, 6.07) is 14.4. The van der Waals surface area contributed by atoms with Crippen LogP contribution in [0.25, 0.3) is 0 Å². The Morgan fingerprint density at radius 2 is 1.94 bits per heavy atom. The van der Waals surface area contributed by atoms with E-state index in [0.717, 1.165) is 11.4 Å². The van der Waals surface area contributed by atoms with Gasteiger partial charge in [-0.15, -0.1) is 0 Å². The predicted octanol–water partition coefficient (Wildman–Crippen LogP) is 5.76. The quantitative estimate of drug-likeness (QED) is 0.417. The van der Waals surface area contributed by atoms with E-state index < -0.39 is 0 Å². The highest BCUT2D eigenvalue weighted by Gasteiger charge is 2.42. The lowest BCUT2D eigenvalue weighted by Crippen LogP contribution is -2.29. The van der Waals surface area contributed by atoms with Gasteiger partial charge < -0.3 is 24.8 Å². The third-order valence-electron chi connectivity index (χ3n) is 7.40. The summed E-state index contributed by atoms with van der Waals surface area (Å²) < 4.78 is 8.01. The number of rotatable bonds is 6. The van der Waals surface area contributed by atoms with E-state index in [9.17, 15) is 4.79 Å². The van der Waals surface area contributed by atoms with E-state index in [1.54, 1.807) is 7.11 Å². The molecule has 1 saturated carbocycles. The summed E-state index contributed by atoms with van der Waals surface area (Å²) in [5, 5.41) is 7.07. The van der Waals surface area contributed by atoms with Crippen LogP contribution in [0.3, 0.4) is 0 Å². The molecule has 3 aromatic rings. The molecule has 1 aromatic carbocycles. The maximum absolute atomic E-state index is 11.9. The number of hydrogen-bond acceptors (Lipinski definition) is 4. The normalized spacial score (nSPS) is 20.0. The smallest absolute Gasteiger partial charge is 0.221 e. The Labute approximate surface area is 217 Å². The number of amides is 1. The van der Waals surface area contributed by atoms with Crippen LogP contribution in [0.15, 0.2) is 48.7 Å². The number of aromatic nitrogens is 2. The minimum absolute atomic E-state index is 0.104. The van der Waals surface area contributed by atoms with Gasteiger partial charge in [-0.25, -0.2) is 0 Å². The fourth-order valence-corrected chi connectivity index (χ4v) is 6.25. The predicted molar refractivity (Wildman–Crippen MR) is 147 cm³/mol. The van der Waals surface area contributed by atoms with E-state index in [1.165, 1.54) is 49.6 Å². The molecule has 2 aliphatic rings. The lowest BCUT2D eigenvalue weighted by Gasteiger charge is -2.29. The van der Waals surface area contributed by atoms with Gasteiger partial charge in [0.15, 0.2) is 5.11 Å². The van der Waals surface area contributed by atoms with Crippen LogP contribution in [0.2, 0.25) is 0 Å². The maximum Gasteiger partial charge on any atom is 0.221 e. The van der Waals surface area contributed by atoms with Crippen molar-refractivity contribution in [3.8, 4) is 5.75 Å².